The third-order valence-electron chi connectivity index (χ3n) is 6.74. The number of carbonyl (C=O) groups excluding carboxylic acids is 2. The molecule has 2 atom stereocenters. The predicted molar refractivity (Wildman–Crippen MR) is 148 cm³/mol. The maximum Gasteiger partial charge on any atom is 0.319 e. The summed E-state index contributed by atoms with van der Waals surface area (Å²) in [7, 11) is 0. The van der Waals surface area contributed by atoms with Gasteiger partial charge in [-0.3, -0.25) is 4.79 Å². The summed E-state index contributed by atoms with van der Waals surface area (Å²) in [6, 6.07) is 15.3. The molecule has 1 aromatic heterocycles. The van der Waals surface area contributed by atoms with E-state index in [4.69, 9.17) is 4.74 Å². The number of thiazole rings is 1. The van der Waals surface area contributed by atoms with Crippen LogP contribution in [0.2, 0.25) is 0 Å². The lowest BCUT2D eigenvalue weighted by Crippen LogP contribution is -2.54. The van der Waals surface area contributed by atoms with Crippen molar-refractivity contribution in [2.75, 3.05) is 5.32 Å². The van der Waals surface area contributed by atoms with Gasteiger partial charge in [0, 0.05) is 17.1 Å². The van der Waals surface area contributed by atoms with Gasteiger partial charge in [-0.2, -0.15) is 0 Å². The van der Waals surface area contributed by atoms with Crippen molar-refractivity contribution in [2.24, 2.45) is 0 Å². The summed E-state index contributed by atoms with van der Waals surface area (Å²) in [5.74, 6) is 1.03. The fourth-order valence-corrected chi connectivity index (χ4v) is 5.26. The van der Waals surface area contributed by atoms with Crippen molar-refractivity contribution in [1.82, 2.24) is 15.6 Å². The number of para-hydroxylation sites is 1. The molecule has 1 aliphatic carbocycles. The van der Waals surface area contributed by atoms with E-state index in [1.165, 1.54) is 16.9 Å². The number of ether oxygens (including phenoxy) is 1. The summed E-state index contributed by atoms with van der Waals surface area (Å²) in [4.78, 5) is 30.2. The zero-order valence-corrected chi connectivity index (χ0v) is 22.6. The first-order valence-corrected chi connectivity index (χ1v) is 13.9. The second kappa shape index (κ2) is 12.7. The highest BCUT2D eigenvalue weighted by molar-refractivity contribution is 7.09. The van der Waals surface area contributed by atoms with Crippen LogP contribution in [0.15, 0.2) is 53.9 Å². The molecule has 1 aliphatic rings. The van der Waals surface area contributed by atoms with E-state index in [2.05, 4.69) is 53.8 Å². The Morgan fingerprint density at radius 2 is 1.73 bits per heavy atom. The van der Waals surface area contributed by atoms with Gasteiger partial charge < -0.3 is 20.7 Å². The molecule has 0 spiro atoms. The Labute approximate surface area is 223 Å². The summed E-state index contributed by atoms with van der Waals surface area (Å²) >= 11 is 1.41. The topological polar surface area (TPSA) is 92.4 Å². The van der Waals surface area contributed by atoms with Gasteiger partial charge >= 0.3 is 6.03 Å². The summed E-state index contributed by atoms with van der Waals surface area (Å²) in [5.41, 5.74) is 3.54. The van der Waals surface area contributed by atoms with E-state index in [1.54, 1.807) is 5.38 Å². The van der Waals surface area contributed by atoms with Crippen LogP contribution in [0.25, 0.3) is 0 Å². The van der Waals surface area contributed by atoms with Gasteiger partial charge in [0.1, 0.15) is 23.1 Å². The molecule has 1 saturated carbocycles. The van der Waals surface area contributed by atoms with Gasteiger partial charge in [-0.25, -0.2) is 9.78 Å². The molecule has 196 valence electrons. The zero-order chi connectivity index (χ0) is 26.2. The maximum absolute atomic E-state index is 13.0. The van der Waals surface area contributed by atoms with Crippen molar-refractivity contribution in [3.05, 3.63) is 75.7 Å². The second-order valence-corrected chi connectivity index (χ2v) is 10.7. The van der Waals surface area contributed by atoms with Gasteiger partial charge in [-0.15, -0.1) is 11.3 Å². The molecule has 0 saturated heterocycles. The molecule has 0 radical (unpaired) electrons. The molecule has 8 heteroatoms. The van der Waals surface area contributed by atoms with E-state index in [0.717, 1.165) is 54.1 Å². The lowest BCUT2D eigenvalue weighted by atomic mass is 9.90. The van der Waals surface area contributed by atoms with Crippen LogP contribution in [-0.2, 0) is 13.0 Å². The first-order valence-electron chi connectivity index (χ1n) is 13.1. The Balaban J connectivity index is 1.30. The van der Waals surface area contributed by atoms with Crippen LogP contribution in [0.1, 0.15) is 79.0 Å². The first-order chi connectivity index (χ1) is 17.9. The molecule has 1 fully saturated rings. The predicted octanol–water partition coefficient (Wildman–Crippen LogP) is 6.27. The maximum atomic E-state index is 13.0. The number of anilines is 1. The second-order valence-electron chi connectivity index (χ2n) is 9.72. The molecule has 3 amide bonds. The highest BCUT2D eigenvalue weighted by Gasteiger charge is 2.29. The van der Waals surface area contributed by atoms with Gasteiger partial charge in [-0.1, -0.05) is 63.9 Å². The van der Waals surface area contributed by atoms with Crippen molar-refractivity contribution in [3.63, 3.8) is 0 Å². The van der Waals surface area contributed by atoms with Crippen LogP contribution in [0.4, 0.5) is 10.5 Å². The molecule has 0 aliphatic heterocycles. The Kier molecular flexibility index (Phi) is 9.17. The number of nitrogens with zero attached hydrogens (tertiary/aromatic N) is 1. The normalized spacial score (nSPS) is 17.3. The quantitative estimate of drug-likeness (QED) is 0.310. The van der Waals surface area contributed by atoms with Crippen LogP contribution < -0.4 is 20.7 Å². The fourth-order valence-electron chi connectivity index (χ4n) is 4.57. The average Bonchev–Trinajstić information content (AvgIpc) is 3.38. The third-order valence-corrected chi connectivity index (χ3v) is 7.56. The number of nitrogens with one attached hydrogen (secondary N) is 3. The summed E-state index contributed by atoms with van der Waals surface area (Å²) in [5, 5.41) is 11.6. The average molecular weight is 521 g/mol. The molecule has 2 aromatic carbocycles. The summed E-state index contributed by atoms with van der Waals surface area (Å²) in [6.07, 6.45) is 4.49. The fraction of sp³-hybridized carbons (Fsp3) is 0.414. The van der Waals surface area contributed by atoms with E-state index in [9.17, 15) is 9.59 Å². The molecule has 0 bridgehead atoms. The first kappa shape index (κ1) is 26.7. The molecule has 4 rings (SSSR count). The van der Waals surface area contributed by atoms with Crippen molar-refractivity contribution in [1.29, 1.82) is 0 Å². The highest BCUT2D eigenvalue weighted by Crippen LogP contribution is 2.22. The van der Waals surface area contributed by atoms with Crippen LogP contribution in [0.3, 0.4) is 0 Å². The lowest BCUT2D eigenvalue weighted by Gasteiger charge is -2.32. The van der Waals surface area contributed by atoms with E-state index in [-0.39, 0.29) is 24.0 Å². The number of urea groups is 1. The van der Waals surface area contributed by atoms with E-state index in [0.29, 0.717) is 18.2 Å². The van der Waals surface area contributed by atoms with E-state index < -0.39 is 0 Å². The SMILES string of the molecule is CCc1ccccc1NC(=O)N[C@@H]1CCCC[C@@H]1NC(=O)c1csc(COc2ccc(C(C)C)cc2)n1. The third kappa shape index (κ3) is 7.32. The van der Waals surface area contributed by atoms with Gasteiger partial charge in [0.2, 0.25) is 0 Å². The number of benzene rings is 2. The molecule has 3 N–H and O–H groups in total. The van der Waals surface area contributed by atoms with Crippen molar-refractivity contribution >= 4 is 29.0 Å². The van der Waals surface area contributed by atoms with E-state index >= 15 is 0 Å². The summed E-state index contributed by atoms with van der Waals surface area (Å²) in [6.45, 7) is 6.69. The smallest absolute Gasteiger partial charge is 0.319 e. The molecule has 37 heavy (non-hydrogen) atoms. The van der Waals surface area contributed by atoms with Crippen molar-refractivity contribution in [2.45, 2.75) is 77.5 Å². The zero-order valence-electron chi connectivity index (χ0n) is 21.8. The number of rotatable bonds is 9. The van der Waals surface area contributed by atoms with E-state index in [1.807, 2.05) is 36.4 Å². The number of aryl methyl sites for hydroxylation is 1. The van der Waals surface area contributed by atoms with Crippen molar-refractivity contribution in [3.8, 4) is 5.75 Å². The highest BCUT2D eigenvalue weighted by atomic mass is 32.1. The molecule has 7 nitrogen and oxygen atoms in total. The monoisotopic (exact) mass is 520 g/mol. The van der Waals surface area contributed by atoms with Gasteiger partial charge in [0.15, 0.2) is 0 Å². The molecular formula is C29H36N4O3S. The Morgan fingerprint density at radius 3 is 2.43 bits per heavy atom. The number of carbonyl (C=O) groups is 2. The van der Waals surface area contributed by atoms with Crippen molar-refractivity contribution < 1.29 is 14.3 Å². The molecular weight excluding hydrogens is 484 g/mol. The number of hydrogen-bond acceptors (Lipinski definition) is 5. The lowest BCUT2D eigenvalue weighted by molar-refractivity contribution is 0.0911. The van der Waals surface area contributed by atoms with Crippen LogP contribution in [0, 0.1) is 0 Å². The molecule has 1 heterocycles. The van der Waals surface area contributed by atoms with Gasteiger partial charge in [0.05, 0.1) is 6.04 Å². The van der Waals surface area contributed by atoms with Crippen LogP contribution >= 0.6 is 11.3 Å². The minimum Gasteiger partial charge on any atom is -0.486 e. The van der Waals surface area contributed by atoms with Gasteiger partial charge in [0.25, 0.3) is 5.91 Å². The number of amides is 3. The largest absolute Gasteiger partial charge is 0.486 e. The molecule has 3 aromatic rings. The van der Waals surface area contributed by atoms with Gasteiger partial charge in [-0.05, 0) is 54.5 Å². The minimum atomic E-state index is -0.249. The van der Waals surface area contributed by atoms with Crippen LogP contribution in [0.5, 0.6) is 5.75 Å². The molecule has 0 unspecified atom stereocenters. The Hall–Kier alpha value is -3.39. The minimum absolute atomic E-state index is 0.137. The number of hydrogen-bond donors (Lipinski definition) is 3. The van der Waals surface area contributed by atoms with Crippen LogP contribution in [-0.4, -0.2) is 29.0 Å². The summed E-state index contributed by atoms with van der Waals surface area (Å²) < 4.78 is 5.86. The Bertz CT molecular complexity index is 1190. The number of aromatic nitrogens is 1. The standard InChI is InChI=1S/C29H36N4O3S/c1-4-20-9-5-6-10-23(20)32-29(35)33-25-12-8-7-11-24(25)31-28(34)26-18-37-27(30-26)17-36-22-15-13-21(14-16-22)19(2)3/h5-6,9-10,13-16,18-19,24-25H,4,7-8,11-12,17H2,1-3H3,(H,31,34)(H2,32,33,35)/t24-,25+/m0/s1. The Morgan fingerprint density at radius 1 is 1.03 bits per heavy atom.